The van der Waals surface area contributed by atoms with Gasteiger partial charge in [-0.2, -0.15) is 8.42 Å². The van der Waals surface area contributed by atoms with Crippen LogP contribution in [0, 0.1) is 0 Å². The first-order chi connectivity index (χ1) is 14.8. The van der Waals surface area contributed by atoms with Gasteiger partial charge >= 0.3 is 11.9 Å². The minimum atomic E-state index is -3.94. The van der Waals surface area contributed by atoms with Crippen molar-refractivity contribution in [2.24, 2.45) is 0 Å². The molecule has 0 radical (unpaired) electrons. The third kappa shape index (κ3) is 6.11. The lowest BCUT2D eigenvalue weighted by molar-refractivity contribution is -0.256. The summed E-state index contributed by atoms with van der Waals surface area (Å²) in [6.07, 6.45) is -4.10. The number of ether oxygens (including phenoxy) is 4. The van der Waals surface area contributed by atoms with E-state index in [0.29, 0.717) is 0 Å². The molecule has 2 aromatic carbocycles. The van der Waals surface area contributed by atoms with E-state index in [2.05, 4.69) is 0 Å². The molecule has 0 N–H and O–H groups in total. The van der Waals surface area contributed by atoms with Crippen LogP contribution < -0.4 is 0 Å². The summed E-state index contributed by atoms with van der Waals surface area (Å²) in [5, 5.41) is 0. The molecule has 1 aliphatic rings. The van der Waals surface area contributed by atoms with Crippen LogP contribution in [0.1, 0.15) is 20.7 Å². The maximum Gasteiger partial charge on any atom is 0.338 e. The first kappa shape index (κ1) is 22.9. The molecule has 10 heteroatoms. The molecule has 0 amide bonds. The van der Waals surface area contributed by atoms with Crippen LogP contribution in [0.15, 0.2) is 60.7 Å². The van der Waals surface area contributed by atoms with Crippen LogP contribution >= 0.6 is 0 Å². The van der Waals surface area contributed by atoms with E-state index in [0.717, 1.165) is 6.26 Å². The molecular formula is C21H22O9S. The maximum absolute atomic E-state index is 12.7. The van der Waals surface area contributed by atoms with Gasteiger partial charge in [0.15, 0.2) is 18.5 Å². The molecule has 166 valence electrons. The molecule has 0 saturated carbocycles. The number of benzene rings is 2. The lowest BCUT2D eigenvalue weighted by atomic mass is 10.0. The zero-order chi connectivity index (χ0) is 22.4. The minimum Gasteiger partial charge on any atom is -0.452 e. The summed E-state index contributed by atoms with van der Waals surface area (Å²) in [7, 11) is -2.62. The summed E-state index contributed by atoms with van der Waals surface area (Å²) < 4.78 is 50.4. The van der Waals surface area contributed by atoms with Crippen molar-refractivity contribution < 1.29 is 41.1 Å². The van der Waals surface area contributed by atoms with Crippen LogP contribution in [0.2, 0.25) is 0 Å². The normalized spacial score (nSPS) is 23.7. The molecule has 2 aromatic rings. The van der Waals surface area contributed by atoms with Gasteiger partial charge in [0.05, 0.1) is 24.0 Å². The molecule has 0 spiro atoms. The molecule has 0 bridgehead atoms. The zero-order valence-electron chi connectivity index (χ0n) is 16.9. The fraction of sp³-hybridized carbons (Fsp3) is 0.333. The summed E-state index contributed by atoms with van der Waals surface area (Å²) in [5.41, 5.74) is 0.478. The first-order valence-electron chi connectivity index (χ1n) is 9.33. The standard InChI is InChI=1S/C21H22O9S/c1-26-21-18(29-20(23)15-11-7-4-8-12-15)17(16(13-27-21)30-31(2,24)25)28-19(22)14-9-5-3-6-10-14/h3-12,16-18,21H,13H2,1-2H3. The van der Waals surface area contributed by atoms with E-state index in [4.69, 9.17) is 23.1 Å². The van der Waals surface area contributed by atoms with Gasteiger partial charge in [0.2, 0.25) is 0 Å². The van der Waals surface area contributed by atoms with Crippen LogP contribution in [0.25, 0.3) is 0 Å². The Morgan fingerprint density at radius 1 is 0.871 bits per heavy atom. The van der Waals surface area contributed by atoms with Crippen molar-refractivity contribution in [2.75, 3.05) is 20.0 Å². The predicted octanol–water partition coefficient (Wildman–Crippen LogP) is 1.79. The summed E-state index contributed by atoms with van der Waals surface area (Å²) in [6.45, 7) is -0.266. The first-order valence-corrected chi connectivity index (χ1v) is 11.1. The fourth-order valence-corrected chi connectivity index (χ4v) is 3.67. The van der Waals surface area contributed by atoms with Crippen molar-refractivity contribution >= 4 is 22.1 Å². The van der Waals surface area contributed by atoms with Gasteiger partial charge in [-0.25, -0.2) is 9.59 Å². The van der Waals surface area contributed by atoms with Crippen molar-refractivity contribution in [1.82, 2.24) is 0 Å². The molecule has 31 heavy (non-hydrogen) atoms. The number of hydrogen-bond donors (Lipinski definition) is 0. The number of esters is 2. The average Bonchev–Trinajstić information content (AvgIpc) is 2.76. The molecular weight excluding hydrogens is 428 g/mol. The van der Waals surface area contributed by atoms with Crippen LogP contribution in [-0.2, 0) is 33.2 Å². The summed E-state index contributed by atoms with van der Waals surface area (Å²) in [6, 6.07) is 16.2. The Balaban J connectivity index is 1.90. The molecule has 1 fully saturated rings. The molecule has 9 nitrogen and oxygen atoms in total. The van der Waals surface area contributed by atoms with Gasteiger partial charge < -0.3 is 18.9 Å². The highest BCUT2D eigenvalue weighted by Gasteiger charge is 2.48. The van der Waals surface area contributed by atoms with E-state index < -0.39 is 46.7 Å². The molecule has 1 aliphatic heterocycles. The second-order valence-corrected chi connectivity index (χ2v) is 8.35. The lowest BCUT2D eigenvalue weighted by Gasteiger charge is -2.39. The van der Waals surface area contributed by atoms with Gasteiger partial charge in [-0.3, -0.25) is 4.18 Å². The van der Waals surface area contributed by atoms with Crippen LogP contribution in [0.3, 0.4) is 0 Å². The third-order valence-electron chi connectivity index (χ3n) is 4.42. The molecule has 0 aliphatic carbocycles. The summed E-state index contributed by atoms with van der Waals surface area (Å²) >= 11 is 0. The Bertz CT molecular complexity index is 992. The highest BCUT2D eigenvalue weighted by atomic mass is 32.2. The Kier molecular flexibility index (Phi) is 7.39. The van der Waals surface area contributed by atoms with Crippen molar-refractivity contribution in [3.05, 3.63) is 71.8 Å². The quantitative estimate of drug-likeness (QED) is 0.460. The summed E-state index contributed by atoms with van der Waals surface area (Å²) in [4.78, 5) is 25.3. The SMILES string of the molecule is COC1OCC(OS(C)(=O)=O)C(OC(=O)c2ccccc2)C1OC(=O)c1ccccc1. The molecule has 1 saturated heterocycles. The van der Waals surface area contributed by atoms with Crippen LogP contribution in [0.4, 0.5) is 0 Å². The fourth-order valence-electron chi connectivity index (χ4n) is 3.05. The van der Waals surface area contributed by atoms with Crippen LogP contribution in [-0.4, -0.2) is 64.9 Å². The smallest absolute Gasteiger partial charge is 0.338 e. The summed E-state index contributed by atoms with van der Waals surface area (Å²) in [5.74, 6) is -1.47. The highest BCUT2D eigenvalue weighted by Crippen LogP contribution is 2.27. The number of rotatable bonds is 7. The second kappa shape index (κ2) is 10.0. The highest BCUT2D eigenvalue weighted by molar-refractivity contribution is 7.86. The predicted molar refractivity (Wildman–Crippen MR) is 108 cm³/mol. The Morgan fingerprint density at radius 2 is 1.35 bits per heavy atom. The van der Waals surface area contributed by atoms with E-state index in [-0.39, 0.29) is 17.7 Å². The van der Waals surface area contributed by atoms with Gasteiger partial charge in [-0.15, -0.1) is 0 Å². The van der Waals surface area contributed by atoms with Crippen molar-refractivity contribution in [3.8, 4) is 0 Å². The molecule has 4 atom stereocenters. The van der Waals surface area contributed by atoms with Crippen molar-refractivity contribution in [1.29, 1.82) is 0 Å². The second-order valence-electron chi connectivity index (χ2n) is 6.75. The van der Waals surface area contributed by atoms with Crippen molar-refractivity contribution in [2.45, 2.75) is 24.6 Å². The zero-order valence-corrected chi connectivity index (χ0v) is 17.7. The van der Waals surface area contributed by atoms with Gasteiger partial charge in [0.25, 0.3) is 10.1 Å². The minimum absolute atomic E-state index is 0.231. The Labute approximate surface area is 179 Å². The Morgan fingerprint density at radius 3 is 1.81 bits per heavy atom. The monoisotopic (exact) mass is 450 g/mol. The molecule has 3 rings (SSSR count). The van der Waals surface area contributed by atoms with Gasteiger partial charge in [0.1, 0.15) is 6.10 Å². The van der Waals surface area contributed by atoms with E-state index in [9.17, 15) is 18.0 Å². The van der Waals surface area contributed by atoms with Crippen LogP contribution in [0.5, 0.6) is 0 Å². The molecule has 4 unspecified atom stereocenters. The van der Waals surface area contributed by atoms with E-state index in [1.807, 2.05) is 0 Å². The van der Waals surface area contributed by atoms with E-state index in [1.165, 1.54) is 19.2 Å². The topological polar surface area (TPSA) is 114 Å². The van der Waals surface area contributed by atoms with Gasteiger partial charge in [-0.05, 0) is 24.3 Å². The molecule has 0 aromatic heterocycles. The Hall–Kier alpha value is -2.79. The van der Waals surface area contributed by atoms with Gasteiger partial charge in [-0.1, -0.05) is 36.4 Å². The number of methoxy groups -OCH3 is 1. The largest absolute Gasteiger partial charge is 0.452 e. The number of carbonyl (C=O) groups is 2. The number of carbonyl (C=O) groups excluding carboxylic acids is 2. The van der Waals surface area contributed by atoms with Crippen molar-refractivity contribution in [3.63, 3.8) is 0 Å². The lowest BCUT2D eigenvalue weighted by Crippen LogP contribution is -2.58. The van der Waals surface area contributed by atoms with E-state index >= 15 is 0 Å². The van der Waals surface area contributed by atoms with E-state index in [1.54, 1.807) is 48.5 Å². The maximum atomic E-state index is 12.7. The molecule has 1 heterocycles. The average molecular weight is 450 g/mol. The van der Waals surface area contributed by atoms with Gasteiger partial charge in [0, 0.05) is 7.11 Å². The number of hydrogen-bond acceptors (Lipinski definition) is 9. The third-order valence-corrected chi connectivity index (χ3v) is 5.02.